The van der Waals surface area contributed by atoms with Gasteiger partial charge in [-0.25, -0.2) is 4.68 Å². The third-order valence-electron chi connectivity index (χ3n) is 5.70. The average molecular weight is 477 g/mol. The Balaban J connectivity index is 2.12. The molecule has 1 atom stereocenters. The Bertz CT molecular complexity index is 1170. The highest BCUT2D eigenvalue weighted by Gasteiger charge is 2.20. The molecule has 35 heavy (non-hydrogen) atoms. The van der Waals surface area contributed by atoms with Crippen molar-refractivity contribution in [3.63, 3.8) is 0 Å². The summed E-state index contributed by atoms with van der Waals surface area (Å²) in [5.41, 5.74) is 5.56. The molecule has 3 rings (SSSR count). The quantitative estimate of drug-likeness (QED) is 0.437. The van der Waals surface area contributed by atoms with E-state index >= 15 is 0 Å². The topological polar surface area (TPSA) is 85.2 Å². The lowest BCUT2D eigenvalue weighted by atomic mass is 10.00. The molecule has 1 heterocycles. The minimum Gasteiger partial charge on any atom is -0.383 e. The zero-order valence-electron chi connectivity index (χ0n) is 21.5. The molecule has 0 radical (unpaired) electrons. The van der Waals surface area contributed by atoms with Gasteiger partial charge >= 0.3 is 0 Å². The summed E-state index contributed by atoms with van der Waals surface area (Å²) in [4.78, 5) is 25.8. The molecule has 0 aliphatic rings. The van der Waals surface area contributed by atoms with Gasteiger partial charge in [-0.3, -0.25) is 9.59 Å². The second kappa shape index (κ2) is 11.8. The SMILES string of the molecule is CCCNC(=O)c1cc(C(C)C)n(-c2cc(C(=O)NC(C)COC)cc(-c3ccc(C)cc3)c2)n1. The third kappa shape index (κ3) is 6.57. The molecule has 186 valence electrons. The summed E-state index contributed by atoms with van der Waals surface area (Å²) < 4.78 is 6.94. The van der Waals surface area contributed by atoms with Crippen LogP contribution in [0.3, 0.4) is 0 Å². The first-order valence-electron chi connectivity index (χ1n) is 12.1. The van der Waals surface area contributed by atoms with Gasteiger partial charge in [-0.05, 0) is 61.6 Å². The van der Waals surface area contributed by atoms with Gasteiger partial charge in [-0.1, -0.05) is 50.6 Å². The molecule has 0 fully saturated rings. The molecule has 0 aliphatic carbocycles. The number of ether oxygens (including phenoxy) is 1. The molecule has 2 aromatic carbocycles. The van der Waals surface area contributed by atoms with Crippen molar-refractivity contribution in [1.82, 2.24) is 20.4 Å². The minimum atomic E-state index is -0.200. The lowest BCUT2D eigenvalue weighted by molar-refractivity contribution is 0.0904. The Morgan fingerprint density at radius 3 is 2.34 bits per heavy atom. The lowest BCUT2D eigenvalue weighted by Crippen LogP contribution is -2.35. The number of methoxy groups -OCH3 is 1. The van der Waals surface area contributed by atoms with Crippen LogP contribution in [0, 0.1) is 6.92 Å². The molecule has 0 spiro atoms. The fraction of sp³-hybridized carbons (Fsp3) is 0.393. The number of amides is 2. The Hall–Kier alpha value is -3.45. The van der Waals surface area contributed by atoms with Gasteiger partial charge in [0.2, 0.25) is 0 Å². The average Bonchev–Trinajstić information content (AvgIpc) is 3.29. The van der Waals surface area contributed by atoms with Gasteiger partial charge in [-0.15, -0.1) is 0 Å². The first-order chi connectivity index (χ1) is 16.7. The van der Waals surface area contributed by atoms with Gasteiger partial charge in [0.05, 0.1) is 12.3 Å². The molecule has 2 N–H and O–H groups in total. The molecule has 3 aromatic rings. The zero-order chi connectivity index (χ0) is 25.5. The molecule has 1 unspecified atom stereocenters. The summed E-state index contributed by atoms with van der Waals surface area (Å²) in [6.07, 6.45) is 0.849. The van der Waals surface area contributed by atoms with Gasteiger partial charge in [0, 0.05) is 31.0 Å². The van der Waals surface area contributed by atoms with Crippen LogP contribution < -0.4 is 10.6 Å². The molecule has 1 aromatic heterocycles. The van der Waals surface area contributed by atoms with Crippen molar-refractivity contribution >= 4 is 11.8 Å². The third-order valence-corrected chi connectivity index (χ3v) is 5.70. The number of rotatable bonds is 10. The highest BCUT2D eigenvalue weighted by Crippen LogP contribution is 2.27. The monoisotopic (exact) mass is 476 g/mol. The first kappa shape index (κ1) is 26.2. The van der Waals surface area contributed by atoms with Crippen LogP contribution in [-0.2, 0) is 4.74 Å². The smallest absolute Gasteiger partial charge is 0.271 e. The van der Waals surface area contributed by atoms with E-state index in [1.807, 2.05) is 69.3 Å². The molecule has 0 saturated carbocycles. The van der Waals surface area contributed by atoms with E-state index in [1.54, 1.807) is 11.8 Å². The Morgan fingerprint density at radius 1 is 1.00 bits per heavy atom. The number of aromatic nitrogens is 2. The molecule has 0 bridgehead atoms. The highest BCUT2D eigenvalue weighted by atomic mass is 16.5. The number of carbonyl (C=O) groups excluding carboxylic acids is 2. The number of nitrogens with one attached hydrogen (secondary N) is 2. The Kier molecular flexibility index (Phi) is 8.82. The van der Waals surface area contributed by atoms with Crippen molar-refractivity contribution in [2.24, 2.45) is 0 Å². The van der Waals surface area contributed by atoms with Crippen LogP contribution in [0.15, 0.2) is 48.5 Å². The maximum Gasteiger partial charge on any atom is 0.271 e. The number of aryl methyl sites for hydroxylation is 1. The van der Waals surface area contributed by atoms with E-state index in [4.69, 9.17) is 4.74 Å². The van der Waals surface area contributed by atoms with Crippen molar-refractivity contribution in [3.05, 3.63) is 71.0 Å². The van der Waals surface area contributed by atoms with Gasteiger partial charge in [0.15, 0.2) is 5.69 Å². The van der Waals surface area contributed by atoms with E-state index < -0.39 is 0 Å². The molecule has 7 heteroatoms. The normalized spacial score (nSPS) is 12.0. The van der Waals surface area contributed by atoms with Crippen LogP contribution in [0.2, 0.25) is 0 Å². The van der Waals surface area contributed by atoms with Crippen LogP contribution in [0.4, 0.5) is 0 Å². The number of benzene rings is 2. The Labute approximate surface area is 207 Å². The van der Waals surface area contributed by atoms with Crippen LogP contribution in [0.1, 0.15) is 72.1 Å². The maximum absolute atomic E-state index is 13.1. The summed E-state index contributed by atoms with van der Waals surface area (Å²) in [6.45, 7) is 11.1. The van der Waals surface area contributed by atoms with Crippen molar-refractivity contribution in [3.8, 4) is 16.8 Å². The summed E-state index contributed by atoms with van der Waals surface area (Å²) in [6, 6.07) is 15.6. The van der Waals surface area contributed by atoms with E-state index in [9.17, 15) is 9.59 Å². The fourth-order valence-corrected chi connectivity index (χ4v) is 3.83. The predicted octanol–water partition coefficient (Wildman–Crippen LogP) is 4.88. The van der Waals surface area contributed by atoms with Crippen molar-refractivity contribution in [2.45, 2.75) is 53.0 Å². The number of nitrogens with zero attached hydrogens (tertiary/aromatic N) is 2. The van der Waals surface area contributed by atoms with Gasteiger partial charge in [-0.2, -0.15) is 5.10 Å². The van der Waals surface area contributed by atoms with E-state index in [0.29, 0.717) is 24.4 Å². The van der Waals surface area contributed by atoms with Crippen LogP contribution in [0.25, 0.3) is 16.8 Å². The van der Waals surface area contributed by atoms with Crippen LogP contribution in [0.5, 0.6) is 0 Å². The first-order valence-corrected chi connectivity index (χ1v) is 12.1. The molecule has 2 amide bonds. The fourth-order valence-electron chi connectivity index (χ4n) is 3.83. The molecule has 0 aliphatic heterocycles. The van der Waals surface area contributed by atoms with E-state index in [0.717, 1.165) is 34.5 Å². The lowest BCUT2D eigenvalue weighted by Gasteiger charge is -2.16. The van der Waals surface area contributed by atoms with E-state index in [2.05, 4.69) is 29.6 Å². The molecule has 0 saturated heterocycles. The van der Waals surface area contributed by atoms with E-state index in [1.165, 1.54) is 0 Å². The number of hydrogen-bond donors (Lipinski definition) is 2. The van der Waals surface area contributed by atoms with Crippen molar-refractivity contribution in [2.75, 3.05) is 20.3 Å². The van der Waals surface area contributed by atoms with E-state index in [-0.39, 0.29) is 23.8 Å². The Morgan fingerprint density at radius 2 is 1.71 bits per heavy atom. The number of carbonyl (C=O) groups is 2. The van der Waals surface area contributed by atoms with Crippen LogP contribution in [-0.4, -0.2) is 47.9 Å². The van der Waals surface area contributed by atoms with Crippen LogP contribution >= 0.6 is 0 Å². The number of hydrogen-bond acceptors (Lipinski definition) is 4. The summed E-state index contributed by atoms with van der Waals surface area (Å²) in [5.74, 6) is -0.269. The zero-order valence-corrected chi connectivity index (χ0v) is 21.5. The van der Waals surface area contributed by atoms with Crippen molar-refractivity contribution in [1.29, 1.82) is 0 Å². The van der Waals surface area contributed by atoms with Gasteiger partial charge in [0.1, 0.15) is 0 Å². The second-order valence-electron chi connectivity index (χ2n) is 9.24. The maximum atomic E-state index is 13.1. The minimum absolute atomic E-state index is 0.122. The van der Waals surface area contributed by atoms with Gasteiger partial charge in [0.25, 0.3) is 11.8 Å². The predicted molar refractivity (Wildman–Crippen MR) is 139 cm³/mol. The van der Waals surface area contributed by atoms with Crippen molar-refractivity contribution < 1.29 is 14.3 Å². The molecular formula is C28H36N4O3. The standard InChI is InChI=1S/C28H36N4O3/c1-7-12-29-28(34)25-16-26(18(2)3)32(31-25)24-14-22(21-10-8-19(4)9-11-21)13-23(15-24)27(33)30-20(5)17-35-6/h8-11,13-16,18,20H,7,12,17H2,1-6H3,(H,29,34)(H,30,33). The molecular weight excluding hydrogens is 440 g/mol. The largest absolute Gasteiger partial charge is 0.383 e. The summed E-state index contributed by atoms with van der Waals surface area (Å²) >= 11 is 0. The molecule has 7 nitrogen and oxygen atoms in total. The summed E-state index contributed by atoms with van der Waals surface area (Å²) in [5, 5.41) is 10.5. The second-order valence-corrected chi connectivity index (χ2v) is 9.24. The highest BCUT2D eigenvalue weighted by molar-refractivity contribution is 5.96. The van der Waals surface area contributed by atoms with Gasteiger partial charge < -0.3 is 15.4 Å². The summed E-state index contributed by atoms with van der Waals surface area (Å²) in [7, 11) is 1.61.